The van der Waals surface area contributed by atoms with Crippen LogP contribution in [0.4, 0.5) is 10.5 Å². The molecule has 0 aliphatic carbocycles. The number of hydrogen-bond acceptors (Lipinski definition) is 4. The number of carboxylic acids is 1. The van der Waals surface area contributed by atoms with Gasteiger partial charge in [0, 0.05) is 11.1 Å². The summed E-state index contributed by atoms with van der Waals surface area (Å²) in [7, 11) is -3.79. The van der Waals surface area contributed by atoms with Crippen molar-refractivity contribution in [3.63, 3.8) is 0 Å². The van der Waals surface area contributed by atoms with Gasteiger partial charge in [0.15, 0.2) is 9.84 Å². The maximum atomic E-state index is 13.0. The maximum absolute atomic E-state index is 13.0. The summed E-state index contributed by atoms with van der Waals surface area (Å²) in [4.78, 5) is 24.2. The Morgan fingerprint density at radius 1 is 1.00 bits per heavy atom. The molecule has 0 bridgehead atoms. The van der Waals surface area contributed by atoms with Crippen LogP contribution < -0.4 is 16.0 Å². The summed E-state index contributed by atoms with van der Waals surface area (Å²) in [5.41, 5.74) is 3.58. The average Bonchev–Trinajstić information content (AvgIpc) is 3.27. The van der Waals surface area contributed by atoms with Crippen LogP contribution >= 0.6 is 0 Å². The number of fused-ring (bicyclic) bond motifs is 1. The number of sulfone groups is 1. The summed E-state index contributed by atoms with van der Waals surface area (Å²) in [5, 5.41) is 17.1. The fraction of sp³-hybridized carbons (Fsp3) is 0.200. The highest BCUT2D eigenvalue weighted by Gasteiger charge is 2.22. The molecule has 176 valence electrons. The Labute approximate surface area is 197 Å². The summed E-state index contributed by atoms with van der Waals surface area (Å²) in [6.45, 7) is 3.51. The van der Waals surface area contributed by atoms with E-state index in [9.17, 15) is 23.1 Å². The lowest BCUT2D eigenvalue weighted by Gasteiger charge is -2.16. The van der Waals surface area contributed by atoms with Crippen molar-refractivity contribution in [2.75, 3.05) is 5.32 Å². The predicted octanol–water partition coefficient (Wildman–Crippen LogP) is 2.82. The molecule has 2 amide bonds. The molecule has 34 heavy (non-hydrogen) atoms. The van der Waals surface area contributed by atoms with E-state index in [1.165, 1.54) is 17.7 Å². The summed E-state index contributed by atoms with van der Waals surface area (Å²) in [5.74, 6) is -1.57. The van der Waals surface area contributed by atoms with Crippen molar-refractivity contribution in [2.45, 2.75) is 36.7 Å². The maximum Gasteiger partial charge on any atom is 0.337 e. The molecule has 0 fully saturated rings. The molecule has 3 aromatic carbocycles. The van der Waals surface area contributed by atoms with Gasteiger partial charge in [0.2, 0.25) is 0 Å². The van der Waals surface area contributed by atoms with Gasteiger partial charge in [0.1, 0.15) is 13.1 Å². The standard InChI is InChI=1S/C25H25N3O5S/c1-16(18-5-3-2-4-6-18)27-25(31)28-23-10-9-21(12-22(23)24(29)30)34(32,33)15-17-7-8-19-13-26-14-20(19)11-17/h2-12,16,26H,13-15H2,1H3,(H,29,30)(H2,27,28,31)/p+1. The molecule has 1 atom stereocenters. The van der Waals surface area contributed by atoms with E-state index in [1.54, 1.807) is 13.0 Å². The van der Waals surface area contributed by atoms with Crippen LogP contribution in [-0.2, 0) is 28.7 Å². The molecule has 4 rings (SSSR count). The van der Waals surface area contributed by atoms with Gasteiger partial charge in [-0.2, -0.15) is 0 Å². The van der Waals surface area contributed by atoms with Gasteiger partial charge in [-0.25, -0.2) is 18.0 Å². The second-order valence-electron chi connectivity index (χ2n) is 8.30. The van der Waals surface area contributed by atoms with Gasteiger partial charge in [-0.05, 0) is 42.3 Å². The van der Waals surface area contributed by atoms with Gasteiger partial charge < -0.3 is 21.1 Å². The molecular formula is C25H26N3O5S+. The predicted molar refractivity (Wildman–Crippen MR) is 127 cm³/mol. The number of hydrogen-bond donors (Lipinski definition) is 4. The third-order valence-corrected chi connectivity index (χ3v) is 7.52. The van der Waals surface area contributed by atoms with Gasteiger partial charge in [-0.3, -0.25) is 0 Å². The van der Waals surface area contributed by atoms with Crippen molar-refractivity contribution in [3.05, 3.63) is 94.5 Å². The van der Waals surface area contributed by atoms with Crippen LogP contribution in [0.3, 0.4) is 0 Å². The van der Waals surface area contributed by atoms with E-state index in [1.807, 2.05) is 42.5 Å². The zero-order chi connectivity index (χ0) is 24.3. The van der Waals surface area contributed by atoms with Gasteiger partial charge in [-0.1, -0.05) is 42.5 Å². The molecule has 9 heteroatoms. The number of amides is 2. The van der Waals surface area contributed by atoms with Crippen molar-refractivity contribution in [3.8, 4) is 0 Å². The number of carboxylic acid groups (broad SMARTS) is 1. The minimum atomic E-state index is -3.79. The second-order valence-corrected chi connectivity index (χ2v) is 10.3. The number of nitrogens with one attached hydrogen (secondary N) is 2. The second kappa shape index (κ2) is 9.66. The Morgan fingerprint density at radius 2 is 1.74 bits per heavy atom. The minimum absolute atomic E-state index is 0.0114. The Bertz CT molecular complexity index is 1340. The van der Waals surface area contributed by atoms with Crippen LogP contribution in [0.15, 0.2) is 71.6 Å². The first kappa shape index (κ1) is 23.5. The third kappa shape index (κ3) is 5.27. The number of carbonyl (C=O) groups excluding carboxylic acids is 1. The van der Waals surface area contributed by atoms with Crippen molar-refractivity contribution in [2.24, 2.45) is 0 Å². The zero-order valence-electron chi connectivity index (χ0n) is 18.6. The minimum Gasteiger partial charge on any atom is -0.478 e. The number of quaternary nitrogens is 1. The Morgan fingerprint density at radius 3 is 2.47 bits per heavy atom. The number of nitrogens with two attached hydrogens (primary N) is 1. The van der Waals surface area contributed by atoms with Gasteiger partial charge in [0.25, 0.3) is 0 Å². The van der Waals surface area contributed by atoms with Crippen LogP contribution in [0.2, 0.25) is 0 Å². The summed E-state index contributed by atoms with van der Waals surface area (Å²) in [6, 6.07) is 17.8. The molecule has 8 nitrogen and oxygen atoms in total. The van der Waals surface area contributed by atoms with Crippen molar-refractivity contribution >= 4 is 27.5 Å². The fourth-order valence-corrected chi connectivity index (χ4v) is 5.38. The van der Waals surface area contributed by atoms with Crippen LogP contribution in [0.25, 0.3) is 0 Å². The summed E-state index contributed by atoms with van der Waals surface area (Å²) in [6.07, 6.45) is 0. The summed E-state index contributed by atoms with van der Waals surface area (Å²) >= 11 is 0. The number of rotatable bonds is 7. The molecule has 0 spiro atoms. The van der Waals surface area contributed by atoms with E-state index >= 15 is 0 Å². The van der Waals surface area contributed by atoms with Gasteiger partial charge >= 0.3 is 12.0 Å². The topological polar surface area (TPSA) is 129 Å². The van der Waals surface area contributed by atoms with Gasteiger partial charge in [-0.15, -0.1) is 0 Å². The van der Waals surface area contributed by atoms with E-state index in [0.29, 0.717) is 5.56 Å². The third-order valence-electron chi connectivity index (χ3n) is 5.83. The Kier molecular flexibility index (Phi) is 6.67. The molecule has 1 aliphatic rings. The number of benzene rings is 3. The number of aromatic carboxylic acids is 1. The number of anilines is 1. The van der Waals surface area contributed by atoms with E-state index in [0.717, 1.165) is 30.3 Å². The van der Waals surface area contributed by atoms with Crippen LogP contribution in [0.5, 0.6) is 0 Å². The highest BCUT2D eigenvalue weighted by atomic mass is 32.2. The first-order valence-corrected chi connectivity index (χ1v) is 12.5. The van der Waals surface area contributed by atoms with Crippen LogP contribution in [0, 0.1) is 0 Å². The smallest absolute Gasteiger partial charge is 0.337 e. The SMILES string of the molecule is CC(NC(=O)Nc1ccc(S(=O)(=O)Cc2ccc3c(c2)C[NH2+]C3)cc1C(=O)O)c1ccccc1. The molecule has 5 N–H and O–H groups in total. The van der Waals surface area contributed by atoms with Crippen LogP contribution in [0.1, 0.15) is 45.6 Å². The summed E-state index contributed by atoms with van der Waals surface area (Å²) < 4.78 is 26.0. The number of urea groups is 1. The molecule has 0 saturated heterocycles. The molecule has 0 radical (unpaired) electrons. The highest BCUT2D eigenvalue weighted by Crippen LogP contribution is 2.25. The van der Waals surface area contributed by atoms with Gasteiger partial charge in [0.05, 0.1) is 27.9 Å². The van der Waals surface area contributed by atoms with Crippen molar-refractivity contribution < 1.29 is 28.4 Å². The Hall–Kier alpha value is -3.69. The van der Waals surface area contributed by atoms with E-state index in [4.69, 9.17) is 0 Å². The lowest BCUT2D eigenvalue weighted by Crippen LogP contribution is -2.77. The number of carbonyl (C=O) groups is 2. The molecule has 0 aromatic heterocycles. The molecular weight excluding hydrogens is 454 g/mol. The van der Waals surface area contributed by atoms with Crippen molar-refractivity contribution in [1.29, 1.82) is 0 Å². The monoisotopic (exact) mass is 480 g/mol. The highest BCUT2D eigenvalue weighted by molar-refractivity contribution is 7.90. The molecule has 1 heterocycles. The fourth-order valence-electron chi connectivity index (χ4n) is 4.03. The lowest BCUT2D eigenvalue weighted by molar-refractivity contribution is -0.676. The molecule has 1 unspecified atom stereocenters. The average molecular weight is 481 g/mol. The van der Waals surface area contributed by atoms with Crippen LogP contribution in [-0.4, -0.2) is 25.5 Å². The normalized spacial score (nSPS) is 13.7. The first-order valence-electron chi connectivity index (χ1n) is 10.9. The quantitative estimate of drug-likeness (QED) is 0.413. The Balaban J connectivity index is 1.51. The zero-order valence-corrected chi connectivity index (χ0v) is 19.4. The lowest BCUT2D eigenvalue weighted by atomic mass is 10.1. The first-order chi connectivity index (χ1) is 16.2. The van der Waals surface area contributed by atoms with E-state index in [-0.39, 0.29) is 27.9 Å². The largest absolute Gasteiger partial charge is 0.478 e. The van der Waals surface area contributed by atoms with Crippen molar-refractivity contribution in [1.82, 2.24) is 5.32 Å². The van der Waals surface area contributed by atoms with E-state index < -0.39 is 21.8 Å². The molecule has 1 aliphatic heterocycles. The molecule has 0 saturated carbocycles. The molecule has 3 aromatic rings. The van der Waals surface area contributed by atoms with E-state index in [2.05, 4.69) is 16.0 Å².